The number of benzene rings is 1. The van der Waals surface area contributed by atoms with Gasteiger partial charge in [-0.1, -0.05) is 92.1 Å². The fourth-order valence-corrected chi connectivity index (χ4v) is 7.23. The van der Waals surface area contributed by atoms with Gasteiger partial charge in [0.2, 0.25) is 65.0 Å². The highest BCUT2D eigenvalue weighted by molar-refractivity contribution is 5.99. The average Bonchev–Trinajstić information content (AvgIpc) is 3.31. The second-order valence-electron chi connectivity index (χ2n) is 19.3. The van der Waals surface area contributed by atoms with Crippen molar-refractivity contribution in [1.29, 1.82) is 0 Å². The Kier molecular flexibility index (Phi) is 28.1. The molecule has 0 aliphatic heterocycles. The minimum atomic E-state index is -1.83. The number of carbonyl (C=O) groups excluding carboxylic acids is 11. The van der Waals surface area contributed by atoms with E-state index in [1.165, 1.54) is 0 Å². The predicted octanol–water partition coefficient (Wildman–Crippen LogP) is -3.68. The van der Waals surface area contributed by atoms with Gasteiger partial charge in [0.15, 0.2) is 0 Å². The van der Waals surface area contributed by atoms with Crippen molar-refractivity contribution in [1.82, 2.24) is 42.5 Å². The van der Waals surface area contributed by atoms with Gasteiger partial charge in [0.05, 0.1) is 13.0 Å². The summed E-state index contributed by atoms with van der Waals surface area (Å²) in [6.07, 6.45) is -2.47. The summed E-state index contributed by atoms with van der Waals surface area (Å²) in [7, 11) is 0. The zero-order chi connectivity index (χ0) is 56.6. The Hall–Kier alpha value is -7.22. The molecule has 414 valence electrons. The molecule has 26 heteroatoms. The van der Waals surface area contributed by atoms with Gasteiger partial charge in [-0.05, 0) is 48.5 Å². The van der Waals surface area contributed by atoms with Crippen LogP contribution >= 0.6 is 0 Å². The smallest absolute Gasteiger partial charge is 0.326 e. The molecule has 10 atom stereocenters. The molecule has 0 saturated heterocycles. The van der Waals surface area contributed by atoms with Crippen LogP contribution in [0, 0.1) is 23.7 Å². The van der Waals surface area contributed by atoms with Crippen molar-refractivity contribution in [3.8, 4) is 0 Å². The maximum absolute atomic E-state index is 14.1. The zero-order valence-corrected chi connectivity index (χ0v) is 43.4. The number of nitrogens with one attached hydrogen (secondary N) is 8. The molecule has 0 aliphatic carbocycles. The second kappa shape index (κ2) is 32.1. The van der Waals surface area contributed by atoms with Gasteiger partial charge in [0.1, 0.15) is 54.4 Å². The van der Waals surface area contributed by atoms with Gasteiger partial charge < -0.3 is 75.7 Å². The number of nitrogens with two attached hydrogens (primary N) is 4. The SMILES string of the molecule is CC[C@H](C)[C@H](NC(=O)[C@@H](NC(=O)[C@H](CCC(N)=O)NC(=O)[C@H](CC(C)C)NC(=O)[C@H](CC(N)=O)NC(=O)[C@H](CCC(N)=O)NC(=O)[C@H](Cc1ccccc1)NC(=O)[C@@H](NC(=O)[C@@H](N)CO)C(C)C)C(C)C)C(=O)O. The molecule has 74 heavy (non-hydrogen) atoms. The second-order valence-corrected chi connectivity index (χ2v) is 19.3. The van der Waals surface area contributed by atoms with E-state index in [0.717, 1.165) is 0 Å². The van der Waals surface area contributed by atoms with Crippen LogP contribution in [0.5, 0.6) is 0 Å². The first-order chi connectivity index (χ1) is 34.5. The maximum Gasteiger partial charge on any atom is 0.326 e. The first kappa shape index (κ1) is 64.8. The van der Waals surface area contributed by atoms with Crippen molar-refractivity contribution in [3.63, 3.8) is 0 Å². The molecule has 0 aliphatic rings. The van der Waals surface area contributed by atoms with E-state index in [2.05, 4.69) is 42.5 Å². The van der Waals surface area contributed by atoms with Gasteiger partial charge in [-0.15, -0.1) is 0 Å². The number of hydrogen-bond donors (Lipinski definition) is 14. The van der Waals surface area contributed by atoms with E-state index in [4.69, 9.17) is 22.9 Å². The topological polar surface area (TPSA) is 446 Å². The van der Waals surface area contributed by atoms with Crippen LogP contribution in [0.2, 0.25) is 0 Å². The van der Waals surface area contributed by atoms with Crippen LogP contribution in [-0.4, -0.2) is 142 Å². The summed E-state index contributed by atoms with van der Waals surface area (Å²) < 4.78 is 0. The lowest BCUT2D eigenvalue weighted by Crippen LogP contribution is -2.61. The quantitative estimate of drug-likeness (QED) is 0.0316. The van der Waals surface area contributed by atoms with Gasteiger partial charge in [0, 0.05) is 19.3 Å². The van der Waals surface area contributed by atoms with Crippen molar-refractivity contribution in [2.24, 2.45) is 46.6 Å². The van der Waals surface area contributed by atoms with Crippen molar-refractivity contribution in [3.05, 3.63) is 35.9 Å². The monoisotopic (exact) mass is 1050 g/mol. The van der Waals surface area contributed by atoms with Gasteiger partial charge in [0.25, 0.3) is 0 Å². The van der Waals surface area contributed by atoms with Crippen molar-refractivity contribution in [2.45, 2.75) is 161 Å². The molecule has 0 unspecified atom stereocenters. The molecule has 0 fully saturated rings. The van der Waals surface area contributed by atoms with E-state index in [0.29, 0.717) is 12.0 Å². The summed E-state index contributed by atoms with van der Waals surface area (Å²) in [5, 5.41) is 38.8. The van der Waals surface area contributed by atoms with Gasteiger partial charge >= 0.3 is 5.97 Å². The lowest BCUT2D eigenvalue weighted by Gasteiger charge is -2.29. The molecule has 1 aromatic rings. The zero-order valence-electron chi connectivity index (χ0n) is 43.4. The van der Waals surface area contributed by atoms with Crippen LogP contribution in [0.15, 0.2) is 30.3 Å². The highest BCUT2D eigenvalue weighted by atomic mass is 16.4. The molecule has 1 aromatic carbocycles. The number of carboxylic acids is 1. The maximum atomic E-state index is 14.1. The van der Waals surface area contributed by atoms with E-state index in [-0.39, 0.29) is 25.2 Å². The van der Waals surface area contributed by atoms with E-state index in [9.17, 15) is 67.7 Å². The standard InChI is InChI=1S/C48H78N12O14/c1-9-26(8)39(48(73)74)60-47(72)38(25(6)7)59-42(67)30(16-18-35(51)63)54-43(68)31(19-23(2)3)55-45(70)33(21-36(52)64)56-41(66)29(15-17-34(50)62)53-44(69)32(20-27-13-11-10-12-14-27)57-46(71)37(24(4)5)58-40(65)28(49)22-61/h10-14,23-26,28-33,37-39,61H,9,15-22,49H2,1-8H3,(H2,50,62)(H2,51,63)(H2,52,64)(H,53,69)(H,54,68)(H,55,70)(H,56,66)(H,57,71)(H,58,65)(H,59,67)(H,60,72)(H,73,74)/t26-,28-,29-,30-,31-,32-,33-,37-,38-,39-/m0/s1. The van der Waals surface area contributed by atoms with Gasteiger partial charge in [-0.25, -0.2) is 4.79 Å². The number of aliphatic hydroxyl groups is 1. The Bertz CT molecular complexity index is 2120. The summed E-state index contributed by atoms with van der Waals surface area (Å²) in [5.41, 5.74) is 22.5. The number of rotatable bonds is 34. The molecule has 11 amide bonds. The van der Waals surface area contributed by atoms with Crippen LogP contribution in [0.25, 0.3) is 0 Å². The van der Waals surface area contributed by atoms with Crippen LogP contribution in [0.3, 0.4) is 0 Å². The third kappa shape index (κ3) is 23.1. The van der Waals surface area contributed by atoms with Gasteiger partial charge in [-0.2, -0.15) is 0 Å². The molecule has 0 radical (unpaired) electrons. The van der Waals surface area contributed by atoms with Crippen LogP contribution < -0.4 is 65.5 Å². The third-order valence-electron chi connectivity index (χ3n) is 11.7. The van der Waals surface area contributed by atoms with E-state index in [1.807, 2.05) is 0 Å². The van der Waals surface area contributed by atoms with Crippen molar-refractivity contribution in [2.75, 3.05) is 6.61 Å². The number of primary amides is 3. The molecule has 0 spiro atoms. The largest absolute Gasteiger partial charge is 0.480 e. The van der Waals surface area contributed by atoms with E-state index >= 15 is 0 Å². The first-order valence-electron chi connectivity index (χ1n) is 24.4. The van der Waals surface area contributed by atoms with Crippen LogP contribution in [0.4, 0.5) is 0 Å². The lowest BCUT2D eigenvalue weighted by molar-refractivity contribution is -0.144. The highest BCUT2D eigenvalue weighted by Crippen LogP contribution is 2.14. The number of carboxylic acid groups (broad SMARTS) is 1. The number of aliphatic hydroxyl groups excluding tert-OH is 1. The summed E-state index contributed by atoms with van der Waals surface area (Å²) in [4.78, 5) is 158. The van der Waals surface area contributed by atoms with Gasteiger partial charge in [-0.3, -0.25) is 52.7 Å². The molecular weight excluding hydrogens is 969 g/mol. The number of aliphatic carboxylic acids is 1. The number of carbonyl (C=O) groups is 12. The average molecular weight is 1050 g/mol. The molecule has 0 heterocycles. The summed E-state index contributed by atoms with van der Waals surface area (Å²) >= 11 is 0. The minimum absolute atomic E-state index is 0.108. The Morgan fingerprint density at radius 1 is 0.500 bits per heavy atom. The first-order valence-corrected chi connectivity index (χ1v) is 24.4. The normalized spacial score (nSPS) is 15.3. The molecular formula is C48H78N12O14. The Morgan fingerprint density at radius 3 is 1.32 bits per heavy atom. The van der Waals surface area contributed by atoms with Crippen LogP contribution in [-0.2, 0) is 64.0 Å². The van der Waals surface area contributed by atoms with Crippen molar-refractivity contribution >= 4 is 70.9 Å². The Labute approximate surface area is 430 Å². The highest BCUT2D eigenvalue weighted by Gasteiger charge is 2.37. The molecule has 18 N–H and O–H groups in total. The van der Waals surface area contributed by atoms with E-state index < -0.39 is 175 Å². The Morgan fingerprint density at radius 2 is 0.892 bits per heavy atom. The summed E-state index contributed by atoms with van der Waals surface area (Å²) in [6.45, 7) is 12.4. The summed E-state index contributed by atoms with van der Waals surface area (Å²) in [6, 6.07) is -4.86. The molecule has 26 nitrogen and oxygen atoms in total. The van der Waals surface area contributed by atoms with Crippen LogP contribution in [0.1, 0.15) is 106 Å². The lowest BCUT2D eigenvalue weighted by atomic mass is 9.97. The molecule has 0 saturated carbocycles. The third-order valence-corrected chi connectivity index (χ3v) is 11.7. The Balaban J connectivity index is 3.58. The molecule has 0 aromatic heterocycles. The fourth-order valence-electron chi connectivity index (χ4n) is 7.23. The molecule has 0 bridgehead atoms. The molecule has 1 rings (SSSR count). The summed E-state index contributed by atoms with van der Waals surface area (Å²) in [5.74, 6) is -13.8. The van der Waals surface area contributed by atoms with Crippen molar-refractivity contribution < 1.29 is 67.7 Å². The number of hydrogen-bond acceptors (Lipinski definition) is 14. The fraction of sp³-hybridized carbons (Fsp3) is 0.625. The van der Waals surface area contributed by atoms with E-state index in [1.54, 1.807) is 85.7 Å². The number of amides is 11. The predicted molar refractivity (Wildman–Crippen MR) is 268 cm³/mol. The minimum Gasteiger partial charge on any atom is -0.480 e.